The van der Waals surface area contributed by atoms with E-state index in [2.05, 4.69) is 60.2 Å². The van der Waals surface area contributed by atoms with Crippen LogP contribution in [0.15, 0.2) is 158 Å². The first-order chi connectivity index (χ1) is 47.0. The maximum Gasteiger partial charge on any atom is 0.416 e. The molecule has 0 saturated carbocycles. The number of carbonyl (C=O) groups is 3. The molecule has 0 atom stereocenters. The Morgan fingerprint density at radius 1 is 0.531 bits per heavy atom. The number of hydrogen-bond acceptors (Lipinski definition) is 15. The number of nitrogens with two attached hydrogens (primary N) is 3. The Kier molecular flexibility index (Phi) is 19.5. The number of aromatic nitrogens is 2. The number of nitrogens with zero attached hydrogens (tertiary/aromatic N) is 5. The normalized spacial score (nSPS) is 17.0. The van der Waals surface area contributed by atoms with E-state index < -0.39 is 29.2 Å². The molecule has 6 N–H and O–H groups in total. The van der Waals surface area contributed by atoms with Gasteiger partial charge in [-0.15, -0.1) is 22.7 Å². The number of piperidine rings is 3. The van der Waals surface area contributed by atoms with Crippen LogP contribution in [-0.4, -0.2) is 102 Å². The standard InChI is InChI=1S/C28H24F6N2O3.C26H24N4O3S.C18H18Br2N2O2S/c29-27(30,31)19-12-20(28(32,33)34)14-22(13-19)39-21-4-2-18(3-5-21)25(37)36-9-7-26(8-10-36)16-38-24-6-1-17(15-35)11-23(24)26;27-15-17-3-8-21-20(14-17)26(16-32-21)9-11-30(12-10-26)25(31)19-6-4-18(5-7-19)24-28-23(29-33-24)22-2-1-13-34-22;19-13-8-15(25-16(13)20)17(23)22-5-3-18(4-6-22)10-24-14-2-1-11(9-21)7-12(14)18/h1-6,11-14H,7-10,15-16,35H2;1-8,13-14H,9-12,15-16,27H2;1-2,7-8H,3-6,9-10,21H2. The quantitative estimate of drug-likeness (QED) is 0.109. The molecule has 0 bridgehead atoms. The maximum absolute atomic E-state index is 13.2. The molecule has 3 aromatic heterocycles. The molecule has 9 aromatic rings. The molecule has 26 heteroatoms. The van der Waals surface area contributed by atoms with E-state index in [1.54, 1.807) is 16.2 Å². The van der Waals surface area contributed by atoms with Crippen molar-refractivity contribution in [3.8, 4) is 50.9 Å². The van der Waals surface area contributed by atoms with Gasteiger partial charge in [0.25, 0.3) is 23.6 Å². The van der Waals surface area contributed by atoms with E-state index in [4.69, 9.17) is 40.7 Å². The Hall–Kier alpha value is -8.11. The lowest BCUT2D eigenvalue weighted by Crippen LogP contribution is -2.46. The van der Waals surface area contributed by atoms with Gasteiger partial charge in [-0.1, -0.05) is 47.6 Å². The van der Waals surface area contributed by atoms with E-state index in [1.807, 2.05) is 94.0 Å². The van der Waals surface area contributed by atoms with E-state index in [9.17, 15) is 40.7 Å². The molecule has 0 aliphatic carbocycles. The topological polar surface area (TPSA) is 215 Å². The summed E-state index contributed by atoms with van der Waals surface area (Å²) >= 11 is 9.95. The van der Waals surface area contributed by atoms with Gasteiger partial charge in [0, 0.05) is 113 Å². The lowest BCUT2D eigenvalue weighted by Gasteiger charge is -2.38. The van der Waals surface area contributed by atoms with Gasteiger partial charge in [0.2, 0.25) is 5.82 Å². The van der Waals surface area contributed by atoms with Crippen molar-refractivity contribution in [2.75, 3.05) is 59.1 Å². The zero-order valence-corrected chi connectivity index (χ0v) is 57.5. The highest BCUT2D eigenvalue weighted by Crippen LogP contribution is 2.50. The second-order valence-electron chi connectivity index (χ2n) is 25.3. The number of ether oxygens (including phenoxy) is 4. The van der Waals surface area contributed by atoms with E-state index in [0.717, 1.165) is 102 Å². The van der Waals surface area contributed by atoms with E-state index in [0.29, 0.717) is 113 Å². The molecule has 3 amide bonds. The van der Waals surface area contributed by atoms with Crippen LogP contribution in [0.5, 0.6) is 28.7 Å². The van der Waals surface area contributed by atoms with Gasteiger partial charge in [-0.25, -0.2) is 0 Å². The number of thiophene rings is 2. The Labute approximate surface area is 585 Å². The van der Waals surface area contributed by atoms with Gasteiger partial charge in [-0.3, -0.25) is 14.4 Å². The van der Waals surface area contributed by atoms with Crippen LogP contribution in [0.1, 0.15) is 113 Å². The highest BCUT2D eigenvalue weighted by Gasteiger charge is 2.47. The summed E-state index contributed by atoms with van der Waals surface area (Å²) in [6, 6.07) is 38.2. The molecule has 6 aromatic carbocycles. The van der Waals surface area contributed by atoms with E-state index >= 15 is 0 Å². The zero-order valence-electron chi connectivity index (χ0n) is 52.7. The van der Waals surface area contributed by atoms with Crippen LogP contribution in [0.3, 0.4) is 0 Å². The average Bonchev–Trinajstić information content (AvgIpc) is 1.61. The van der Waals surface area contributed by atoms with Crippen LogP contribution in [0.25, 0.3) is 22.2 Å². The van der Waals surface area contributed by atoms with E-state index in [1.165, 1.54) is 46.7 Å². The first kappa shape index (κ1) is 68.4. The summed E-state index contributed by atoms with van der Waals surface area (Å²) < 4.78 is 109. The molecular formula is C72H66Br2F6N8O8S2. The van der Waals surface area contributed by atoms with Crippen molar-refractivity contribution in [2.45, 2.75) is 86.8 Å². The summed E-state index contributed by atoms with van der Waals surface area (Å²) in [4.78, 5) is 50.9. The van der Waals surface area contributed by atoms with Gasteiger partial charge in [0.05, 0.1) is 44.5 Å². The first-order valence-corrected chi connectivity index (χ1v) is 35.1. The smallest absolute Gasteiger partial charge is 0.416 e. The molecule has 9 heterocycles. The van der Waals surface area contributed by atoms with Crippen molar-refractivity contribution in [1.82, 2.24) is 24.8 Å². The highest BCUT2D eigenvalue weighted by molar-refractivity contribution is 9.13. The summed E-state index contributed by atoms with van der Waals surface area (Å²) in [5.41, 5.74) is 23.0. The lowest BCUT2D eigenvalue weighted by atomic mass is 9.74. The lowest BCUT2D eigenvalue weighted by molar-refractivity contribution is -0.143. The maximum atomic E-state index is 13.2. The fourth-order valence-electron chi connectivity index (χ4n) is 13.6. The summed E-state index contributed by atoms with van der Waals surface area (Å²) in [6.45, 7) is 7.28. The molecular weight excluding hydrogens is 1440 g/mol. The Balaban J connectivity index is 0.000000135. The summed E-state index contributed by atoms with van der Waals surface area (Å²) in [5.74, 6) is 3.08. The molecule has 0 unspecified atom stereocenters. The third-order valence-corrected chi connectivity index (χ3v) is 23.5. The molecule has 510 valence electrons. The number of carbonyl (C=O) groups excluding carboxylic acids is 3. The highest BCUT2D eigenvalue weighted by atomic mass is 79.9. The van der Waals surface area contributed by atoms with Gasteiger partial charge in [-0.2, -0.15) is 31.3 Å². The number of halogens is 8. The first-order valence-electron chi connectivity index (χ1n) is 31.8. The average molecular weight is 1510 g/mol. The molecule has 16 nitrogen and oxygen atoms in total. The molecule has 6 aliphatic rings. The summed E-state index contributed by atoms with van der Waals surface area (Å²) in [6.07, 6.45) is -4.95. The number of benzene rings is 6. The van der Waals surface area contributed by atoms with Crippen LogP contribution in [0.4, 0.5) is 26.3 Å². The van der Waals surface area contributed by atoms with Gasteiger partial charge in [0.1, 0.15) is 28.7 Å². The van der Waals surface area contributed by atoms with Gasteiger partial charge >= 0.3 is 12.4 Å². The molecule has 0 radical (unpaired) electrons. The Morgan fingerprint density at radius 3 is 1.35 bits per heavy atom. The Bertz CT molecular complexity index is 4360. The van der Waals surface area contributed by atoms with Gasteiger partial charge in [0.15, 0.2) is 0 Å². The Morgan fingerprint density at radius 2 is 0.959 bits per heavy atom. The largest absolute Gasteiger partial charge is 0.492 e. The van der Waals surface area contributed by atoms with Crippen LogP contribution in [-0.2, 0) is 48.2 Å². The molecule has 6 aliphatic heterocycles. The number of hydrogen-bond donors (Lipinski definition) is 3. The summed E-state index contributed by atoms with van der Waals surface area (Å²) in [5, 5.41) is 6.04. The van der Waals surface area contributed by atoms with Crippen LogP contribution in [0.2, 0.25) is 0 Å². The minimum atomic E-state index is -4.98. The van der Waals surface area contributed by atoms with Crippen molar-refractivity contribution in [2.24, 2.45) is 17.2 Å². The predicted molar refractivity (Wildman–Crippen MR) is 366 cm³/mol. The fraction of sp³-hybridized carbons (Fsp3) is 0.319. The number of rotatable bonds is 10. The summed E-state index contributed by atoms with van der Waals surface area (Å²) in [7, 11) is 0. The second kappa shape index (κ2) is 27.9. The van der Waals surface area contributed by atoms with Crippen LogP contribution >= 0.6 is 54.5 Å². The van der Waals surface area contributed by atoms with Gasteiger partial charge in [-0.05, 0) is 190 Å². The predicted octanol–water partition coefficient (Wildman–Crippen LogP) is 15.3. The molecule has 3 fully saturated rings. The molecule has 3 spiro atoms. The third kappa shape index (κ3) is 14.1. The van der Waals surface area contributed by atoms with Crippen molar-refractivity contribution >= 4 is 72.3 Å². The molecule has 98 heavy (non-hydrogen) atoms. The van der Waals surface area contributed by atoms with Crippen LogP contribution < -0.4 is 36.1 Å². The van der Waals surface area contributed by atoms with Crippen molar-refractivity contribution in [1.29, 1.82) is 0 Å². The zero-order chi connectivity index (χ0) is 68.7. The number of fused-ring (bicyclic) bond motifs is 6. The van der Waals surface area contributed by atoms with Crippen molar-refractivity contribution in [3.05, 3.63) is 214 Å². The molecule has 3 saturated heterocycles. The van der Waals surface area contributed by atoms with Crippen molar-refractivity contribution in [3.63, 3.8) is 0 Å². The molecule has 15 rings (SSSR count). The van der Waals surface area contributed by atoms with Gasteiger partial charge < -0.3 is 55.4 Å². The van der Waals surface area contributed by atoms with E-state index in [-0.39, 0.29) is 45.8 Å². The number of likely N-dealkylation sites (tertiary alicyclic amines) is 3. The minimum Gasteiger partial charge on any atom is -0.492 e. The van der Waals surface area contributed by atoms with Crippen LogP contribution in [0, 0.1) is 0 Å². The number of amides is 3. The van der Waals surface area contributed by atoms with Crippen molar-refractivity contribution < 1.29 is 64.2 Å². The monoisotopic (exact) mass is 1510 g/mol. The minimum absolute atomic E-state index is 0.00739. The fourth-order valence-corrected chi connectivity index (χ4v) is 16.3. The second-order valence-corrected chi connectivity index (χ2v) is 29.4. The number of alkyl halides is 6. The third-order valence-electron chi connectivity index (χ3n) is 19.4. The SMILES string of the molecule is NCc1ccc2c(c1)C1(CCN(C(=O)c3cc(Br)c(Br)s3)CC1)CO2.NCc1ccc2c(c1)C1(CCN(C(=O)c3ccc(-c4nc(-c5cccs5)no4)cc3)CC1)CO2.NCc1ccc2c(c1)C1(CCN(C(=O)c3ccc(Oc4cc(C(F)(F)F)cc(C(F)(F)F)c4)cc3)CC1)CO2.